The molecule has 3 N–H and O–H groups in total. The highest BCUT2D eigenvalue weighted by molar-refractivity contribution is 6.31. The third-order valence-electron chi connectivity index (χ3n) is 5.43. The fourth-order valence-electron chi connectivity index (χ4n) is 4.17. The zero-order valence-corrected chi connectivity index (χ0v) is 14.6. The monoisotopic (exact) mass is 345 g/mol. The maximum absolute atomic E-state index is 12.3. The average molecular weight is 346 g/mol. The number of amides is 2. The second-order valence-corrected chi connectivity index (χ2v) is 7.60. The van der Waals surface area contributed by atoms with Gasteiger partial charge in [-0.15, -0.1) is 0 Å². The summed E-state index contributed by atoms with van der Waals surface area (Å²) in [5, 5.41) is 8.28. The molecular formula is C19H24ClN3O. The lowest BCUT2D eigenvalue weighted by Crippen LogP contribution is -2.48. The van der Waals surface area contributed by atoms with Crippen LogP contribution in [0.25, 0.3) is 10.9 Å². The van der Waals surface area contributed by atoms with E-state index in [4.69, 9.17) is 11.6 Å². The molecule has 1 atom stereocenters. The van der Waals surface area contributed by atoms with Crippen molar-refractivity contribution in [2.24, 2.45) is 0 Å². The number of carbonyl (C=O) groups excluding carboxylic acids is 1. The summed E-state index contributed by atoms with van der Waals surface area (Å²) in [5.74, 6) is 0. The number of hydrogen-bond donors (Lipinski definition) is 3. The largest absolute Gasteiger partial charge is 0.358 e. The van der Waals surface area contributed by atoms with E-state index in [-0.39, 0.29) is 12.1 Å². The van der Waals surface area contributed by atoms with Crippen LogP contribution in [0.1, 0.15) is 49.8 Å². The smallest absolute Gasteiger partial charge is 0.315 e. The number of aromatic nitrogens is 1. The van der Waals surface area contributed by atoms with Crippen molar-refractivity contribution in [1.82, 2.24) is 15.6 Å². The molecular weight excluding hydrogens is 322 g/mol. The van der Waals surface area contributed by atoms with Gasteiger partial charge in [0.2, 0.25) is 0 Å². The SMILES string of the molecule is O=C(NC1CCCCC1)NC1CCc2[nH]c3ccc(Cl)cc3c2C1. The molecule has 0 spiro atoms. The summed E-state index contributed by atoms with van der Waals surface area (Å²) < 4.78 is 0. The molecule has 5 heteroatoms. The number of fused-ring (bicyclic) bond motifs is 3. The highest BCUT2D eigenvalue weighted by Crippen LogP contribution is 2.31. The first kappa shape index (κ1) is 15.8. The summed E-state index contributed by atoms with van der Waals surface area (Å²) in [6.45, 7) is 0. The van der Waals surface area contributed by atoms with Gasteiger partial charge in [-0.3, -0.25) is 0 Å². The molecule has 2 aliphatic carbocycles. The number of urea groups is 1. The molecule has 1 aromatic carbocycles. The van der Waals surface area contributed by atoms with E-state index in [2.05, 4.69) is 15.6 Å². The number of H-pyrrole nitrogens is 1. The Morgan fingerprint density at radius 3 is 2.71 bits per heavy atom. The van der Waals surface area contributed by atoms with Gasteiger partial charge in [-0.1, -0.05) is 30.9 Å². The molecule has 1 aromatic heterocycles. The van der Waals surface area contributed by atoms with Crippen molar-refractivity contribution in [2.45, 2.75) is 63.5 Å². The topological polar surface area (TPSA) is 56.9 Å². The Morgan fingerprint density at radius 2 is 1.88 bits per heavy atom. The number of nitrogens with one attached hydrogen (secondary N) is 3. The molecule has 24 heavy (non-hydrogen) atoms. The van der Waals surface area contributed by atoms with Gasteiger partial charge >= 0.3 is 6.03 Å². The molecule has 1 unspecified atom stereocenters. The van der Waals surface area contributed by atoms with Crippen molar-refractivity contribution >= 4 is 28.5 Å². The van der Waals surface area contributed by atoms with Gasteiger partial charge in [0.05, 0.1) is 0 Å². The van der Waals surface area contributed by atoms with Crippen molar-refractivity contribution in [3.63, 3.8) is 0 Å². The lowest BCUT2D eigenvalue weighted by atomic mass is 9.91. The van der Waals surface area contributed by atoms with Crippen molar-refractivity contribution in [2.75, 3.05) is 0 Å². The fraction of sp³-hybridized carbons (Fsp3) is 0.526. The standard InChI is InChI=1S/C19H24ClN3O/c20-12-6-8-17-15(10-12)16-11-14(7-9-18(16)23-17)22-19(24)21-13-4-2-1-3-5-13/h6,8,10,13-14,23H,1-5,7,9,11H2,(H2,21,22,24). The molecule has 2 aliphatic rings. The lowest BCUT2D eigenvalue weighted by Gasteiger charge is -2.27. The minimum atomic E-state index is -0.00627. The van der Waals surface area contributed by atoms with Gasteiger partial charge in [0.15, 0.2) is 0 Å². The molecule has 1 heterocycles. The van der Waals surface area contributed by atoms with E-state index < -0.39 is 0 Å². The van der Waals surface area contributed by atoms with Crippen LogP contribution in [0.4, 0.5) is 4.79 Å². The van der Waals surface area contributed by atoms with E-state index in [1.54, 1.807) is 0 Å². The highest BCUT2D eigenvalue weighted by Gasteiger charge is 2.24. The number of carbonyl (C=O) groups is 1. The lowest BCUT2D eigenvalue weighted by molar-refractivity contribution is 0.227. The quantitative estimate of drug-likeness (QED) is 0.746. The fourth-order valence-corrected chi connectivity index (χ4v) is 4.34. The Labute approximate surface area is 147 Å². The van der Waals surface area contributed by atoms with Gasteiger partial charge in [0, 0.05) is 33.7 Å². The van der Waals surface area contributed by atoms with Crippen LogP contribution in [0, 0.1) is 0 Å². The average Bonchev–Trinajstić information content (AvgIpc) is 2.93. The Bertz CT molecular complexity index is 748. The minimum Gasteiger partial charge on any atom is -0.358 e. The van der Waals surface area contributed by atoms with E-state index >= 15 is 0 Å². The van der Waals surface area contributed by atoms with Crippen LogP contribution in [0.15, 0.2) is 18.2 Å². The van der Waals surface area contributed by atoms with Crippen LogP contribution in [-0.2, 0) is 12.8 Å². The predicted molar refractivity (Wildman–Crippen MR) is 97.7 cm³/mol. The summed E-state index contributed by atoms with van der Waals surface area (Å²) in [5.41, 5.74) is 3.73. The van der Waals surface area contributed by atoms with Crippen LogP contribution in [0.3, 0.4) is 0 Å². The third kappa shape index (κ3) is 3.25. The van der Waals surface area contributed by atoms with E-state index in [0.717, 1.165) is 42.6 Å². The summed E-state index contributed by atoms with van der Waals surface area (Å²) in [4.78, 5) is 15.8. The predicted octanol–water partition coefficient (Wildman–Crippen LogP) is 4.31. The molecule has 2 aromatic rings. The Hall–Kier alpha value is -1.68. The van der Waals surface area contributed by atoms with E-state index in [0.29, 0.717) is 6.04 Å². The Kier molecular flexibility index (Phi) is 4.40. The first-order valence-electron chi connectivity index (χ1n) is 9.05. The van der Waals surface area contributed by atoms with Crippen LogP contribution < -0.4 is 10.6 Å². The number of aryl methyl sites for hydroxylation is 1. The molecule has 2 amide bonds. The van der Waals surface area contributed by atoms with E-state index in [1.807, 2.05) is 18.2 Å². The van der Waals surface area contributed by atoms with Gasteiger partial charge < -0.3 is 15.6 Å². The van der Waals surface area contributed by atoms with Gasteiger partial charge in [-0.2, -0.15) is 0 Å². The normalized spacial score (nSPS) is 21.5. The van der Waals surface area contributed by atoms with Crippen LogP contribution >= 0.6 is 11.6 Å². The third-order valence-corrected chi connectivity index (χ3v) is 5.66. The first-order chi connectivity index (χ1) is 11.7. The summed E-state index contributed by atoms with van der Waals surface area (Å²) in [6.07, 6.45) is 8.80. The highest BCUT2D eigenvalue weighted by atomic mass is 35.5. The molecule has 0 radical (unpaired) electrons. The number of aromatic amines is 1. The van der Waals surface area contributed by atoms with Crippen molar-refractivity contribution in [3.8, 4) is 0 Å². The minimum absolute atomic E-state index is 0.00627. The second-order valence-electron chi connectivity index (χ2n) is 7.16. The molecule has 4 rings (SSSR count). The van der Waals surface area contributed by atoms with Crippen LogP contribution in [0.2, 0.25) is 5.02 Å². The van der Waals surface area contributed by atoms with Crippen LogP contribution in [0.5, 0.6) is 0 Å². The Balaban J connectivity index is 1.43. The zero-order valence-electron chi connectivity index (χ0n) is 13.8. The molecule has 0 bridgehead atoms. The van der Waals surface area contributed by atoms with Crippen molar-refractivity contribution < 1.29 is 4.79 Å². The number of rotatable bonds is 2. The van der Waals surface area contributed by atoms with E-state index in [1.165, 1.54) is 35.9 Å². The molecule has 128 valence electrons. The van der Waals surface area contributed by atoms with Gasteiger partial charge in [0.25, 0.3) is 0 Å². The maximum Gasteiger partial charge on any atom is 0.315 e. The molecule has 4 nitrogen and oxygen atoms in total. The summed E-state index contributed by atoms with van der Waals surface area (Å²) in [6, 6.07) is 6.52. The number of hydrogen-bond acceptors (Lipinski definition) is 1. The molecule has 1 saturated carbocycles. The van der Waals surface area contributed by atoms with Gasteiger partial charge in [0.1, 0.15) is 0 Å². The summed E-state index contributed by atoms with van der Waals surface area (Å²) in [7, 11) is 0. The Morgan fingerprint density at radius 1 is 1.08 bits per heavy atom. The zero-order chi connectivity index (χ0) is 16.5. The van der Waals surface area contributed by atoms with Gasteiger partial charge in [-0.05, 0) is 55.9 Å². The van der Waals surface area contributed by atoms with Crippen molar-refractivity contribution in [3.05, 3.63) is 34.5 Å². The number of benzene rings is 1. The van der Waals surface area contributed by atoms with Crippen molar-refractivity contribution in [1.29, 1.82) is 0 Å². The molecule has 0 aliphatic heterocycles. The maximum atomic E-state index is 12.3. The second kappa shape index (κ2) is 6.67. The first-order valence-corrected chi connectivity index (χ1v) is 9.43. The van der Waals surface area contributed by atoms with Crippen LogP contribution in [-0.4, -0.2) is 23.1 Å². The summed E-state index contributed by atoms with van der Waals surface area (Å²) >= 11 is 6.15. The van der Waals surface area contributed by atoms with E-state index in [9.17, 15) is 4.79 Å². The molecule has 1 fully saturated rings. The number of halogens is 1. The van der Waals surface area contributed by atoms with Gasteiger partial charge in [-0.25, -0.2) is 4.79 Å². The molecule has 0 saturated heterocycles.